The van der Waals surface area contributed by atoms with Crippen LogP contribution in [0.15, 0.2) is 28.8 Å². The number of hydrogen-bond acceptors (Lipinski definition) is 5. The minimum absolute atomic E-state index is 0.279. The van der Waals surface area contributed by atoms with Gasteiger partial charge in [0, 0.05) is 18.2 Å². The fourth-order valence-corrected chi connectivity index (χ4v) is 3.29. The maximum atomic E-state index is 5.63. The summed E-state index contributed by atoms with van der Waals surface area (Å²) in [6, 6.07) is 8.32. The summed E-state index contributed by atoms with van der Waals surface area (Å²) < 4.78 is 16.5. The van der Waals surface area contributed by atoms with E-state index >= 15 is 0 Å². The van der Waals surface area contributed by atoms with E-state index in [0.717, 1.165) is 54.4 Å². The molecule has 1 aliphatic rings. The van der Waals surface area contributed by atoms with E-state index in [-0.39, 0.29) is 6.04 Å². The molecule has 1 aromatic heterocycles. The number of benzene rings is 1. The lowest BCUT2D eigenvalue weighted by molar-refractivity contribution is 0.204. The van der Waals surface area contributed by atoms with Crippen molar-refractivity contribution < 1.29 is 14.0 Å². The predicted octanol–water partition coefficient (Wildman–Crippen LogP) is 4.15. The Morgan fingerprint density at radius 3 is 2.75 bits per heavy atom. The zero-order valence-corrected chi connectivity index (χ0v) is 14.9. The fraction of sp³-hybridized carbons (Fsp3) is 0.526. The second-order valence-electron chi connectivity index (χ2n) is 6.62. The van der Waals surface area contributed by atoms with Crippen molar-refractivity contribution in [1.29, 1.82) is 0 Å². The molecule has 2 aromatic rings. The molecular formula is C19H26N2O3. The quantitative estimate of drug-likeness (QED) is 0.796. The summed E-state index contributed by atoms with van der Waals surface area (Å²) >= 11 is 0. The standard InChI is InChI=1S/C19H26N2O3/c1-13(2)16-11-19(24-20-16)17-6-5-9-21(17)12-14-10-15(22-3)7-8-18(14)23-4/h7-8,10-11,13,17H,5-6,9,12H2,1-4H3/t17-/m0/s1. The molecule has 0 unspecified atom stereocenters. The fourth-order valence-electron chi connectivity index (χ4n) is 3.29. The highest BCUT2D eigenvalue weighted by Crippen LogP contribution is 2.36. The van der Waals surface area contributed by atoms with E-state index in [1.807, 2.05) is 18.2 Å². The Labute approximate surface area is 143 Å². The molecule has 0 aliphatic carbocycles. The van der Waals surface area contributed by atoms with Crippen molar-refractivity contribution in [3.05, 3.63) is 41.3 Å². The Balaban J connectivity index is 1.81. The SMILES string of the molecule is COc1ccc(OC)c(CN2CCC[C@H]2c2cc(C(C)C)no2)c1. The van der Waals surface area contributed by atoms with Crippen LogP contribution in [0.3, 0.4) is 0 Å². The van der Waals surface area contributed by atoms with Crippen LogP contribution in [0.4, 0.5) is 0 Å². The van der Waals surface area contributed by atoms with Gasteiger partial charge in [-0.3, -0.25) is 4.90 Å². The Hall–Kier alpha value is -2.01. The lowest BCUT2D eigenvalue weighted by atomic mass is 10.1. The van der Waals surface area contributed by atoms with Gasteiger partial charge in [-0.15, -0.1) is 0 Å². The smallest absolute Gasteiger partial charge is 0.154 e. The number of ether oxygens (including phenoxy) is 2. The highest BCUT2D eigenvalue weighted by atomic mass is 16.5. The second kappa shape index (κ2) is 7.26. The third kappa shape index (κ3) is 3.41. The van der Waals surface area contributed by atoms with Crippen molar-refractivity contribution >= 4 is 0 Å². The largest absolute Gasteiger partial charge is 0.497 e. The third-order valence-corrected chi connectivity index (χ3v) is 4.69. The molecule has 0 saturated carbocycles. The van der Waals surface area contributed by atoms with Gasteiger partial charge < -0.3 is 14.0 Å². The van der Waals surface area contributed by atoms with Gasteiger partial charge in [0.05, 0.1) is 26.0 Å². The first-order chi connectivity index (χ1) is 11.6. The molecule has 1 saturated heterocycles. The molecule has 0 bridgehead atoms. The number of methoxy groups -OCH3 is 2. The summed E-state index contributed by atoms with van der Waals surface area (Å²) in [4.78, 5) is 2.43. The highest BCUT2D eigenvalue weighted by molar-refractivity contribution is 5.40. The molecule has 1 aromatic carbocycles. The van der Waals surface area contributed by atoms with Gasteiger partial charge in [0.1, 0.15) is 11.5 Å². The predicted molar refractivity (Wildman–Crippen MR) is 92.5 cm³/mol. The van der Waals surface area contributed by atoms with Crippen LogP contribution in [-0.2, 0) is 6.54 Å². The van der Waals surface area contributed by atoms with E-state index in [2.05, 4.69) is 30.0 Å². The first kappa shape index (κ1) is 16.8. The normalized spacial score (nSPS) is 18.3. The molecule has 1 aliphatic heterocycles. The molecular weight excluding hydrogens is 304 g/mol. The molecule has 2 heterocycles. The number of aromatic nitrogens is 1. The first-order valence-corrected chi connectivity index (χ1v) is 8.53. The minimum atomic E-state index is 0.279. The summed E-state index contributed by atoms with van der Waals surface area (Å²) in [7, 11) is 3.39. The van der Waals surface area contributed by atoms with Crippen LogP contribution in [0.2, 0.25) is 0 Å². The Morgan fingerprint density at radius 1 is 1.25 bits per heavy atom. The molecule has 5 heteroatoms. The summed E-state index contributed by atoms with van der Waals surface area (Å²) in [5.74, 6) is 3.10. The van der Waals surface area contributed by atoms with Crippen LogP contribution < -0.4 is 9.47 Å². The van der Waals surface area contributed by atoms with Crippen LogP contribution in [0.5, 0.6) is 11.5 Å². The lowest BCUT2D eigenvalue weighted by Gasteiger charge is -2.23. The van der Waals surface area contributed by atoms with E-state index in [0.29, 0.717) is 5.92 Å². The first-order valence-electron chi connectivity index (χ1n) is 8.53. The van der Waals surface area contributed by atoms with Gasteiger partial charge in [-0.2, -0.15) is 0 Å². The summed E-state index contributed by atoms with van der Waals surface area (Å²) in [6.45, 7) is 6.12. The zero-order chi connectivity index (χ0) is 17.1. The van der Waals surface area contributed by atoms with Gasteiger partial charge in [0.2, 0.25) is 0 Å². The van der Waals surface area contributed by atoms with E-state index in [1.54, 1.807) is 14.2 Å². The van der Waals surface area contributed by atoms with E-state index in [1.165, 1.54) is 0 Å². The molecule has 5 nitrogen and oxygen atoms in total. The van der Waals surface area contributed by atoms with Gasteiger partial charge >= 0.3 is 0 Å². The zero-order valence-electron chi connectivity index (χ0n) is 14.9. The average Bonchev–Trinajstić information content (AvgIpc) is 3.23. The average molecular weight is 330 g/mol. The molecule has 0 amide bonds. The van der Waals surface area contributed by atoms with Gasteiger partial charge in [0.25, 0.3) is 0 Å². The third-order valence-electron chi connectivity index (χ3n) is 4.69. The van der Waals surface area contributed by atoms with Gasteiger partial charge in [-0.05, 0) is 43.5 Å². The summed E-state index contributed by atoms with van der Waals surface area (Å²) in [6.07, 6.45) is 2.26. The Morgan fingerprint density at radius 2 is 2.08 bits per heavy atom. The van der Waals surface area contributed by atoms with Crippen molar-refractivity contribution in [3.63, 3.8) is 0 Å². The number of rotatable bonds is 6. The summed E-state index contributed by atoms with van der Waals surface area (Å²) in [5.41, 5.74) is 2.16. The van der Waals surface area contributed by atoms with Crippen LogP contribution in [0.25, 0.3) is 0 Å². The van der Waals surface area contributed by atoms with E-state index < -0.39 is 0 Å². The van der Waals surface area contributed by atoms with Crippen LogP contribution in [0.1, 0.15) is 55.7 Å². The van der Waals surface area contributed by atoms with Crippen LogP contribution in [0, 0.1) is 0 Å². The van der Waals surface area contributed by atoms with Crippen molar-refractivity contribution in [3.8, 4) is 11.5 Å². The monoisotopic (exact) mass is 330 g/mol. The van der Waals surface area contributed by atoms with Gasteiger partial charge in [-0.25, -0.2) is 0 Å². The molecule has 1 atom stereocenters. The molecule has 1 fully saturated rings. The van der Waals surface area contributed by atoms with E-state index in [9.17, 15) is 0 Å². The van der Waals surface area contributed by atoms with Crippen molar-refractivity contribution in [2.75, 3.05) is 20.8 Å². The van der Waals surface area contributed by atoms with Gasteiger partial charge in [0.15, 0.2) is 5.76 Å². The van der Waals surface area contributed by atoms with Crippen molar-refractivity contribution in [2.24, 2.45) is 0 Å². The minimum Gasteiger partial charge on any atom is -0.497 e. The molecule has 0 N–H and O–H groups in total. The maximum absolute atomic E-state index is 5.63. The lowest BCUT2D eigenvalue weighted by Crippen LogP contribution is -2.22. The van der Waals surface area contributed by atoms with Crippen molar-refractivity contribution in [1.82, 2.24) is 10.1 Å². The number of hydrogen-bond donors (Lipinski definition) is 0. The Kier molecular flexibility index (Phi) is 5.09. The van der Waals surface area contributed by atoms with Gasteiger partial charge in [-0.1, -0.05) is 19.0 Å². The van der Waals surface area contributed by atoms with Crippen LogP contribution in [-0.4, -0.2) is 30.8 Å². The second-order valence-corrected chi connectivity index (χ2v) is 6.62. The molecule has 130 valence electrons. The highest BCUT2D eigenvalue weighted by Gasteiger charge is 2.30. The molecule has 3 rings (SSSR count). The molecule has 0 radical (unpaired) electrons. The van der Waals surface area contributed by atoms with Crippen molar-refractivity contribution in [2.45, 2.75) is 45.2 Å². The number of likely N-dealkylation sites (tertiary alicyclic amines) is 1. The molecule has 24 heavy (non-hydrogen) atoms. The van der Waals surface area contributed by atoms with Crippen LogP contribution >= 0.6 is 0 Å². The van der Waals surface area contributed by atoms with E-state index in [4.69, 9.17) is 14.0 Å². The number of nitrogens with zero attached hydrogens (tertiary/aromatic N) is 2. The maximum Gasteiger partial charge on any atom is 0.154 e. The topological polar surface area (TPSA) is 47.7 Å². The summed E-state index contributed by atoms with van der Waals surface area (Å²) in [5, 5.41) is 4.22. The Bertz CT molecular complexity index is 681. The molecule has 0 spiro atoms.